The highest BCUT2D eigenvalue weighted by atomic mass is 19.4. The van der Waals surface area contributed by atoms with Gasteiger partial charge in [-0.15, -0.1) is 0 Å². The molecule has 0 unspecified atom stereocenters. The maximum Gasteiger partial charge on any atom is 0.416 e. The zero-order valence-electron chi connectivity index (χ0n) is 27.5. The van der Waals surface area contributed by atoms with E-state index in [4.69, 9.17) is 4.74 Å². The summed E-state index contributed by atoms with van der Waals surface area (Å²) in [5.74, 6) is -0.334. The summed E-state index contributed by atoms with van der Waals surface area (Å²) in [6, 6.07) is 9.66. The van der Waals surface area contributed by atoms with Gasteiger partial charge in [0.25, 0.3) is 0 Å². The molecule has 1 aliphatic rings. The number of esters is 1. The number of carbonyl (C=O) groups is 2. The van der Waals surface area contributed by atoms with Gasteiger partial charge in [-0.05, 0) is 74.9 Å². The zero-order chi connectivity index (χ0) is 32.9. The Hall–Kier alpha value is -3.16. The largest absolute Gasteiger partial charge is 0.451 e. The fourth-order valence-electron chi connectivity index (χ4n) is 4.89. The molecule has 0 saturated carbocycles. The van der Waals surface area contributed by atoms with Crippen molar-refractivity contribution in [2.45, 2.75) is 119 Å². The molecule has 3 rings (SSSR count). The summed E-state index contributed by atoms with van der Waals surface area (Å²) in [4.78, 5) is 28.4. The summed E-state index contributed by atoms with van der Waals surface area (Å²) in [5, 5.41) is 0. The number of aldehydes is 1. The van der Waals surface area contributed by atoms with Crippen LogP contribution in [0.4, 0.5) is 18.9 Å². The number of pyridine rings is 1. The Kier molecular flexibility index (Phi) is 19.9. The van der Waals surface area contributed by atoms with Crippen LogP contribution in [0.1, 0.15) is 111 Å². The van der Waals surface area contributed by atoms with Gasteiger partial charge in [-0.2, -0.15) is 13.2 Å². The van der Waals surface area contributed by atoms with Gasteiger partial charge in [0.05, 0.1) is 5.56 Å². The maximum absolute atomic E-state index is 12.6. The third-order valence-electron chi connectivity index (χ3n) is 6.73. The number of cyclic esters (lactones) is 1. The normalized spacial score (nSPS) is 13.4. The fourth-order valence-corrected chi connectivity index (χ4v) is 4.89. The van der Waals surface area contributed by atoms with Crippen molar-refractivity contribution in [1.29, 1.82) is 0 Å². The monoisotopic (exact) mass is 606 g/mol. The molecule has 1 aromatic carbocycles. The van der Waals surface area contributed by atoms with Crippen LogP contribution < -0.4 is 4.90 Å². The standard InChI is InChI=1S/C13H18F3N.C12H18O3.C8H11N.C2H6/c1-3-8-17(9-4-2)12-7-5-6-11(10-12)13(14,15)16;1-4-6-12(7-5-2)10(8-13)9(3)11(14)15-12;1-2-3-8-4-6-9-7-5-8;1-2/h5-7,10H,3-4,8-9H2,1-2H3;8H,4-7H2,1-3H3;4-7H,2-3H2,1H3;1-2H3. The van der Waals surface area contributed by atoms with E-state index < -0.39 is 17.3 Å². The Bertz CT molecular complexity index is 1070. The van der Waals surface area contributed by atoms with Gasteiger partial charge in [0.2, 0.25) is 0 Å². The van der Waals surface area contributed by atoms with E-state index >= 15 is 0 Å². The third-order valence-corrected chi connectivity index (χ3v) is 6.73. The molecule has 2 heterocycles. The molecule has 0 fully saturated rings. The van der Waals surface area contributed by atoms with E-state index in [0.29, 0.717) is 16.8 Å². The molecule has 0 atom stereocenters. The van der Waals surface area contributed by atoms with E-state index in [2.05, 4.69) is 24.0 Å². The number of alkyl halides is 3. The third kappa shape index (κ3) is 13.3. The number of halogens is 3. The quantitative estimate of drug-likeness (QED) is 0.178. The van der Waals surface area contributed by atoms with Gasteiger partial charge in [-0.3, -0.25) is 9.78 Å². The van der Waals surface area contributed by atoms with Gasteiger partial charge in [-0.25, -0.2) is 4.79 Å². The highest BCUT2D eigenvalue weighted by molar-refractivity contribution is 6.00. The average Bonchev–Trinajstić information content (AvgIpc) is 3.23. The summed E-state index contributed by atoms with van der Waals surface area (Å²) in [6.07, 6.45) is 7.70. The predicted octanol–water partition coefficient (Wildman–Crippen LogP) is 9.79. The molecule has 0 amide bonds. The fraction of sp³-hybridized carbons (Fsp3) is 0.571. The first-order valence-electron chi connectivity index (χ1n) is 15.7. The van der Waals surface area contributed by atoms with Gasteiger partial charge >= 0.3 is 12.1 Å². The number of anilines is 1. The van der Waals surface area contributed by atoms with Crippen molar-refractivity contribution in [3.05, 3.63) is 71.1 Å². The minimum Gasteiger partial charge on any atom is -0.451 e. The number of benzene rings is 1. The van der Waals surface area contributed by atoms with Crippen LogP contribution in [0.15, 0.2) is 59.9 Å². The van der Waals surface area contributed by atoms with E-state index in [-0.39, 0.29) is 5.97 Å². The van der Waals surface area contributed by atoms with Crippen molar-refractivity contribution in [1.82, 2.24) is 4.98 Å². The molecule has 242 valence electrons. The number of rotatable bonds is 12. The van der Waals surface area contributed by atoms with Crippen LogP contribution in [0.5, 0.6) is 0 Å². The Morgan fingerprint density at radius 1 is 0.884 bits per heavy atom. The first-order chi connectivity index (χ1) is 20.5. The number of aryl methyl sites for hydroxylation is 1. The molecule has 0 N–H and O–H groups in total. The minimum absolute atomic E-state index is 0.334. The van der Waals surface area contributed by atoms with E-state index in [0.717, 1.165) is 64.0 Å². The van der Waals surface area contributed by atoms with Crippen molar-refractivity contribution in [3.8, 4) is 0 Å². The van der Waals surface area contributed by atoms with Crippen molar-refractivity contribution < 1.29 is 27.5 Å². The van der Waals surface area contributed by atoms with E-state index in [1.807, 2.05) is 58.8 Å². The maximum atomic E-state index is 12.6. The molecule has 0 radical (unpaired) electrons. The van der Waals surface area contributed by atoms with Crippen LogP contribution in [-0.4, -0.2) is 35.9 Å². The summed E-state index contributed by atoms with van der Waals surface area (Å²) in [7, 11) is 0. The van der Waals surface area contributed by atoms with Gasteiger partial charge in [0, 0.05) is 42.3 Å². The SMILES string of the molecule is CC.CCCC1(CCC)OC(=O)C(C)=C1C=O.CCCN(CCC)c1cccc(C(F)(F)F)c1.CCCc1ccncc1. The van der Waals surface area contributed by atoms with Gasteiger partial charge in [0.15, 0.2) is 6.29 Å². The molecule has 1 aliphatic heterocycles. The lowest BCUT2D eigenvalue weighted by Crippen LogP contribution is -2.32. The van der Waals surface area contributed by atoms with Crippen molar-refractivity contribution >= 4 is 17.9 Å². The van der Waals surface area contributed by atoms with E-state index in [1.165, 1.54) is 30.5 Å². The summed E-state index contributed by atoms with van der Waals surface area (Å²) >= 11 is 0. The van der Waals surface area contributed by atoms with Crippen molar-refractivity contribution in [2.24, 2.45) is 0 Å². The lowest BCUT2D eigenvalue weighted by Gasteiger charge is -2.28. The number of hydrogen-bond acceptors (Lipinski definition) is 5. The molecule has 0 saturated heterocycles. The Balaban J connectivity index is 0.000000621. The van der Waals surface area contributed by atoms with Crippen LogP contribution in [0.2, 0.25) is 0 Å². The van der Waals surface area contributed by atoms with Crippen molar-refractivity contribution in [3.63, 3.8) is 0 Å². The summed E-state index contributed by atoms with van der Waals surface area (Å²) in [5.41, 5.74) is 1.86. The van der Waals surface area contributed by atoms with Crippen LogP contribution in [0.3, 0.4) is 0 Å². The Morgan fingerprint density at radius 3 is 1.88 bits per heavy atom. The highest BCUT2D eigenvalue weighted by Gasteiger charge is 2.44. The van der Waals surface area contributed by atoms with Crippen LogP contribution >= 0.6 is 0 Å². The second-order valence-corrected chi connectivity index (χ2v) is 10.2. The second kappa shape index (κ2) is 21.5. The number of ether oxygens (including phenoxy) is 1. The number of hydrogen-bond donors (Lipinski definition) is 0. The van der Waals surface area contributed by atoms with Crippen LogP contribution in [0.25, 0.3) is 0 Å². The second-order valence-electron chi connectivity index (χ2n) is 10.2. The number of aromatic nitrogens is 1. The molecule has 2 aromatic rings. The number of carbonyl (C=O) groups excluding carboxylic acids is 2. The first-order valence-corrected chi connectivity index (χ1v) is 15.7. The van der Waals surface area contributed by atoms with Gasteiger partial charge in [0.1, 0.15) is 5.60 Å². The van der Waals surface area contributed by atoms with Crippen molar-refractivity contribution in [2.75, 3.05) is 18.0 Å². The molecule has 43 heavy (non-hydrogen) atoms. The topological polar surface area (TPSA) is 59.5 Å². The first kappa shape index (κ1) is 39.8. The highest BCUT2D eigenvalue weighted by Crippen LogP contribution is 2.39. The lowest BCUT2D eigenvalue weighted by atomic mass is 9.85. The summed E-state index contributed by atoms with van der Waals surface area (Å²) in [6.45, 7) is 17.5. The molecule has 8 heteroatoms. The van der Waals surface area contributed by atoms with Gasteiger partial charge < -0.3 is 9.64 Å². The summed E-state index contributed by atoms with van der Waals surface area (Å²) < 4.78 is 43.2. The van der Waals surface area contributed by atoms with Gasteiger partial charge in [-0.1, -0.05) is 73.8 Å². The smallest absolute Gasteiger partial charge is 0.416 e. The van der Waals surface area contributed by atoms with E-state index in [1.54, 1.807) is 13.0 Å². The molecule has 1 aromatic heterocycles. The molecule has 0 aliphatic carbocycles. The van der Waals surface area contributed by atoms with Crippen LogP contribution in [0, 0.1) is 0 Å². The Morgan fingerprint density at radius 2 is 1.44 bits per heavy atom. The average molecular weight is 607 g/mol. The van der Waals surface area contributed by atoms with Crippen LogP contribution in [-0.2, 0) is 26.9 Å². The molecule has 5 nitrogen and oxygen atoms in total. The number of nitrogens with zero attached hydrogens (tertiary/aromatic N) is 2. The Labute approximate surface area is 257 Å². The zero-order valence-corrected chi connectivity index (χ0v) is 27.5. The predicted molar refractivity (Wildman–Crippen MR) is 171 cm³/mol. The molecular formula is C35H53F3N2O3. The lowest BCUT2D eigenvalue weighted by molar-refractivity contribution is -0.148. The molecule has 0 spiro atoms. The minimum atomic E-state index is -4.26. The molecule has 0 bridgehead atoms. The van der Waals surface area contributed by atoms with E-state index in [9.17, 15) is 22.8 Å². The molecular weight excluding hydrogens is 553 g/mol.